The molecule has 0 radical (unpaired) electrons. The van der Waals surface area contributed by atoms with Gasteiger partial charge in [0.2, 0.25) is 5.91 Å². The zero-order valence-corrected chi connectivity index (χ0v) is 11.2. The van der Waals surface area contributed by atoms with Crippen LogP contribution in [0.2, 0.25) is 0 Å². The zero-order chi connectivity index (χ0) is 13.1. The Kier molecular flexibility index (Phi) is 10.2. The van der Waals surface area contributed by atoms with E-state index in [9.17, 15) is 4.79 Å². The molecule has 0 atom stereocenters. The van der Waals surface area contributed by atoms with Crippen LogP contribution < -0.4 is 0 Å². The second-order valence-corrected chi connectivity index (χ2v) is 4.46. The number of nitrogens with zero attached hydrogens (tertiary/aromatic N) is 1. The van der Waals surface area contributed by atoms with Gasteiger partial charge in [0.25, 0.3) is 0 Å². The van der Waals surface area contributed by atoms with Crippen molar-refractivity contribution in [1.29, 1.82) is 0 Å². The van der Waals surface area contributed by atoms with Crippen molar-refractivity contribution in [2.24, 2.45) is 5.92 Å². The standard InChI is InChI=1S/C13H27NO3/c1-3-8-14(13(17)4-2)9-6-5-7-12(10-15)11-16/h12,15-16H,3-11H2,1-2H3. The first-order valence-electron chi connectivity index (χ1n) is 6.69. The summed E-state index contributed by atoms with van der Waals surface area (Å²) < 4.78 is 0. The second kappa shape index (κ2) is 10.5. The molecule has 0 fully saturated rings. The van der Waals surface area contributed by atoms with Crippen molar-refractivity contribution >= 4 is 5.91 Å². The third kappa shape index (κ3) is 7.34. The second-order valence-electron chi connectivity index (χ2n) is 4.46. The molecule has 0 aromatic carbocycles. The van der Waals surface area contributed by atoms with E-state index in [1.165, 1.54) is 0 Å². The SMILES string of the molecule is CCCN(CCCCC(CO)CO)C(=O)CC. The molecule has 0 aromatic rings. The van der Waals surface area contributed by atoms with Crippen LogP contribution in [0.3, 0.4) is 0 Å². The van der Waals surface area contributed by atoms with E-state index >= 15 is 0 Å². The molecule has 4 nitrogen and oxygen atoms in total. The van der Waals surface area contributed by atoms with E-state index in [-0.39, 0.29) is 25.0 Å². The molecule has 17 heavy (non-hydrogen) atoms. The lowest BCUT2D eigenvalue weighted by Crippen LogP contribution is -2.32. The molecular weight excluding hydrogens is 218 g/mol. The van der Waals surface area contributed by atoms with Crippen LogP contribution in [-0.4, -0.2) is 47.3 Å². The summed E-state index contributed by atoms with van der Waals surface area (Å²) in [6.45, 7) is 5.67. The smallest absolute Gasteiger partial charge is 0.222 e. The first kappa shape index (κ1) is 16.4. The average Bonchev–Trinajstić information content (AvgIpc) is 2.36. The van der Waals surface area contributed by atoms with E-state index < -0.39 is 0 Å². The number of hydrogen-bond acceptors (Lipinski definition) is 3. The lowest BCUT2D eigenvalue weighted by atomic mass is 10.0. The number of unbranched alkanes of at least 4 members (excludes halogenated alkanes) is 1. The molecule has 1 amide bonds. The normalized spacial score (nSPS) is 10.9. The lowest BCUT2D eigenvalue weighted by molar-refractivity contribution is -0.131. The molecule has 0 aliphatic heterocycles. The molecule has 0 aliphatic rings. The summed E-state index contributed by atoms with van der Waals surface area (Å²) >= 11 is 0. The van der Waals surface area contributed by atoms with Gasteiger partial charge >= 0.3 is 0 Å². The van der Waals surface area contributed by atoms with Crippen LogP contribution in [0.25, 0.3) is 0 Å². The fourth-order valence-corrected chi connectivity index (χ4v) is 1.83. The van der Waals surface area contributed by atoms with Crippen LogP contribution in [0.5, 0.6) is 0 Å². The third-order valence-electron chi connectivity index (χ3n) is 2.96. The highest BCUT2D eigenvalue weighted by Crippen LogP contribution is 2.08. The van der Waals surface area contributed by atoms with E-state index in [1.807, 2.05) is 11.8 Å². The van der Waals surface area contributed by atoms with Crippen LogP contribution in [-0.2, 0) is 4.79 Å². The maximum Gasteiger partial charge on any atom is 0.222 e. The molecule has 0 bridgehead atoms. The predicted octanol–water partition coefficient (Wildman–Crippen LogP) is 1.41. The number of hydrogen-bond donors (Lipinski definition) is 2. The van der Waals surface area contributed by atoms with Crippen molar-refractivity contribution < 1.29 is 15.0 Å². The zero-order valence-electron chi connectivity index (χ0n) is 11.2. The van der Waals surface area contributed by atoms with Gasteiger partial charge in [0.05, 0.1) is 0 Å². The summed E-state index contributed by atoms with van der Waals surface area (Å²) in [5.41, 5.74) is 0. The van der Waals surface area contributed by atoms with Crippen molar-refractivity contribution in [2.45, 2.75) is 46.0 Å². The van der Waals surface area contributed by atoms with Crippen molar-refractivity contribution in [2.75, 3.05) is 26.3 Å². The monoisotopic (exact) mass is 245 g/mol. The van der Waals surface area contributed by atoms with Gasteiger partial charge in [-0.25, -0.2) is 0 Å². The van der Waals surface area contributed by atoms with Crippen molar-refractivity contribution in [3.63, 3.8) is 0 Å². The van der Waals surface area contributed by atoms with E-state index in [2.05, 4.69) is 6.92 Å². The maximum atomic E-state index is 11.6. The van der Waals surface area contributed by atoms with Gasteiger partial charge in [-0.3, -0.25) is 4.79 Å². The van der Waals surface area contributed by atoms with E-state index in [4.69, 9.17) is 10.2 Å². The number of aliphatic hydroxyl groups is 2. The van der Waals surface area contributed by atoms with Crippen LogP contribution in [0.4, 0.5) is 0 Å². The number of aliphatic hydroxyl groups excluding tert-OH is 2. The molecule has 0 aliphatic carbocycles. The molecule has 0 rings (SSSR count). The van der Waals surface area contributed by atoms with E-state index in [0.29, 0.717) is 6.42 Å². The summed E-state index contributed by atoms with van der Waals surface area (Å²) in [6.07, 6.45) is 4.27. The third-order valence-corrected chi connectivity index (χ3v) is 2.96. The molecule has 102 valence electrons. The Morgan fingerprint density at radius 3 is 2.24 bits per heavy atom. The van der Waals surface area contributed by atoms with E-state index in [1.54, 1.807) is 0 Å². The maximum absolute atomic E-state index is 11.6. The van der Waals surface area contributed by atoms with Crippen LogP contribution in [0.1, 0.15) is 46.0 Å². The molecule has 0 heterocycles. The number of rotatable bonds is 10. The summed E-state index contributed by atoms with van der Waals surface area (Å²) in [5.74, 6) is 0.212. The molecule has 4 heteroatoms. The fourth-order valence-electron chi connectivity index (χ4n) is 1.83. The van der Waals surface area contributed by atoms with Crippen LogP contribution >= 0.6 is 0 Å². The van der Waals surface area contributed by atoms with Crippen molar-refractivity contribution in [1.82, 2.24) is 4.90 Å². The van der Waals surface area contributed by atoms with Gasteiger partial charge < -0.3 is 15.1 Å². The Morgan fingerprint density at radius 2 is 1.76 bits per heavy atom. The molecule has 0 unspecified atom stereocenters. The highest BCUT2D eigenvalue weighted by molar-refractivity contribution is 5.75. The van der Waals surface area contributed by atoms with Gasteiger partial charge in [-0.15, -0.1) is 0 Å². The minimum absolute atomic E-state index is 0.00324. The Morgan fingerprint density at radius 1 is 1.12 bits per heavy atom. The van der Waals surface area contributed by atoms with Gasteiger partial charge in [0, 0.05) is 38.6 Å². The Bertz CT molecular complexity index is 193. The molecule has 0 aromatic heterocycles. The Labute approximate surface area is 105 Å². The summed E-state index contributed by atoms with van der Waals surface area (Å²) in [4.78, 5) is 13.5. The van der Waals surface area contributed by atoms with Crippen molar-refractivity contribution in [3.05, 3.63) is 0 Å². The van der Waals surface area contributed by atoms with Gasteiger partial charge in [-0.1, -0.05) is 20.3 Å². The van der Waals surface area contributed by atoms with Gasteiger partial charge in [-0.05, 0) is 19.3 Å². The number of carbonyl (C=O) groups excluding carboxylic acids is 1. The predicted molar refractivity (Wildman–Crippen MR) is 68.7 cm³/mol. The molecule has 0 saturated heterocycles. The molecular formula is C13H27NO3. The van der Waals surface area contributed by atoms with Gasteiger partial charge in [0.1, 0.15) is 0 Å². The van der Waals surface area contributed by atoms with Crippen LogP contribution in [0.15, 0.2) is 0 Å². The lowest BCUT2D eigenvalue weighted by Gasteiger charge is -2.21. The number of amides is 1. The number of carbonyl (C=O) groups is 1. The Hall–Kier alpha value is -0.610. The Balaban J connectivity index is 3.78. The highest BCUT2D eigenvalue weighted by atomic mass is 16.3. The summed E-state index contributed by atoms with van der Waals surface area (Å²) in [5, 5.41) is 17.8. The highest BCUT2D eigenvalue weighted by Gasteiger charge is 2.10. The molecule has 2 N–H and O–H groups in total. The first-order valence-corrected chi connectivity index (χ1v) is 6.69. The van der Waals surface area contributed by atoms with Crippen molar-refractivity contribution in [3.8, 4) is 0 Å². The fraction of sp³-hybridized carbons (Fsp3) is 0.923. The minimum atomic E-state index is -0.00324. The van der Waals surface area contributed by atoms with Gasteiger partial charge in [0.15, 0.2) is 0 Å². The topological polar surface area (TPSA) is 60.8 Å². The largest absolute Gasteiger partial charge is 0.396 e. The summed E-state index contributed by atoms with van der Waals surface area (Å²) in [7, 11) is 0. The quantitative estimate of drug-likeness (QED) is 0.572. The molecule has 0 spiro atoms. The van der Waals surface area contributed by atoms with Gasteiger partial charge in [-0.2, -0.15) is 0 Å². The summed E-state index contributed by atoms with van der Waals surface area (Å²) in [6, 6.07) is 0. The average molecular weight is 245 g/mol. The van der Waals surface area contributed by atoms with E-state index in [0.717, 1.165) is 38.8 Å². The molecule has 0 saturated carbocycles. The minimum Gasteiger partial charge on any atom is -0.396 e. The first-order chi connectivity index (χ1) is 8.19. The van der Waals surface area contributed by atoms with Crippen LogP contribution in [0, 0.1) is 5.92 Å².